The number of ether oxygens (including phenoxy) is 1. The molecule has 0 aromatic carbocycles. The largest absolute Gasteiger partial charge is 0.477 e. The van der Waals surface area contributed by atoms with Gasteiger partial charge in [-0.05, 0) is 38.3 Å². The van der Waals surface area contributed by atoms with Crippen LogP contribution < -0.4 is 10.1 Å². The van der Waals surface area contributed by atoms with Crippen LogP contribution in [0.3, 0.4) is 0 Å². The van der Waals surface area contributed by atoms with Gasteiger partial charge in [0.25, 0.3) is 0 Å². The molecular formula is C11H18ClN3O. The highest BCUT2D eigenvalue weighted by atomic mass is 35.5. The first-order valence-corrected chi connectivity index (χ1v) is 5.54. The molecule has 1 N–H and O–H groups in total. The third-order valence-electron chi connectivity index (χ3n) is 2.77. The van der Waals surface area contributed by atoms with Crippen LogP contribution in [0, 0.1) is 5.92 Å². The van der Waals surface area contributed by atoms with Gasteiger partial charge in [-0.3, -0.25) is 4.98 Å². The predicted octanol–water partition coefficient (Wildman–Crippen LogP) is 1.67. The van der Waals surface area contributed by atoms with E-state index in [0.717, 1.165) is 32.0 Å². The molecule has 16 heavy (non-hydrogen) atoms. The lowest BCUT2D eigenvalue weighted by Gasteiger charge is -2.22. The third kappa shape index (κ3) is 4.33. The van der Waals surface area contributed by atoms with Crippen LogP contribution in [-0.4, -0.2) is 29.7 Å². The molecule has 1 aliphatic rings. The molecule has 0 bridgehead atoms. The van der Waals surface area contributed by atoms with Gasteiger partial charge in [0.15, 0.2) is 0 Å². The Morgan fingerprint density at radius 1 is 1.31 bits per heavy atom. The van der Waals surface area contributed by atoms with Crippen molar-refractivity contribution < 1.29 is 4.74 Å². The number of nitrogens with zero attached hydrogens (tertiary/aromatic N) is 2. The zero-order valence-electron chi connectivity index (χ0n) is 9.26. The monoisotopic (exact) mass is 243 g/mol. The maximum Gasteiger partial charge on any atom is 0.232 e. The first-order chi connectivity index (χ1) is 7.45. The smallest absolute Gasteiger partial charge is 0.232 e. The number of aromatic nitrogens is 2. The van der Waals surface area contributed by atoms with Gasteiger partial charge in [-0.2, -0.15) is 0 Å². The second kappa shape index (κ2) is 7.41. The molecule has 0 saturated carbocycles. The summed E-state index contributed by atoms with van der Waals surface area (Å²) in [4.78, 5) is 8.02. The quantitative estimate of drug-likeness (QED) is 0.874. The lowest BCUT2D eigenvalue weighted by Crippen LogP contribution is -2.28. The van der Waals surface area contributed by atoms with Gasteiger partial charge in [0.1, 0.15) is 0 Å². The van der Waals surface area contributed by atoms with E-state index in [2.05, 4.69) is 15.3 Å². The van der Waals surface area contributed by atoms with E-state index in [1.54, 1.807) is 18.6 Å². The standard InChI is InChI=1S/C11H17N3O.ClH/c1-4-12-5-2-10(1)3-8-15-11-9-13-6-7-14-11;/h6-7,9-10,12H,1-5,8H2;1H. The highest BCUT2D eigenvalue weighted by Crippen LogP contribution is 2.16. The Morgan fingerprint density at radius 3 is 2.81 bits per heavy atom. The van der Waals surface area contributed by atoms with Crippen molar-refractivity contribution in [2.24, 2.45) is 5.92 Å². The number of hydrogen-bond acceptors (Lipinski definition) is 4. The van der Waals surface area contributed by atoms with Gasteiger partial charge < -0.3 is 10.1 Å². The van der Waals surface area contributed by atoms with Crippen LogP contribution in [0.4, 0.5) is 0 Å². The molecule has 0 aliphatic carbocycles. The molecule has 90 valence electrons. The summed E-state index contributed by atoms with van der Waals surface area (Å²) < 4.78 is 5.51. The second-order valence-electron chi connectivity index (χ2n) is 3.87. The minimum Gasteiger partial charge on any atom is -0.477 e. The Kier molecular flexibility index (Phi) is 6.11. The number of piperidine rings is 1. The van der Waals surface area contributed by atoms with Crippen molar-refractivity contribution >= 4 is 12.4 Å². The van der Waals surface area contributed by atoms with Gasteiger partial charge in [0, 0.05) is 12.4 Å². The van der Waals surface area contributed by atoms with E-state index in [4.69, 9.17) is 4.74 Å². The summed E-state index contributed by atoms with van der Waals surface area (Å²) in [7, 11) is 0. The molecule has 1 aromatic heterocycles. The molecule has 0 atom stereocenters. The van der Waals surface area contributed by atoms with Gasteiger partial charge in [-0.15, -0.1) is 12.4 Å². The van der Waals surface area contributed by atoms with Crippen LogP contribution >= 0.6 is 12.4 Å². The molecule has 0 radical (unpaired) electrons. The van der Waals surface area contributed by atoms with E-state index in [1.807, 2.05) is 0 Å². The lowest BCUT2D eigenvalue weighted by atomic mass is 9.95. The molecular weight excluding hydrogens is 226 g/mol. The molecule has 2 heterocycles. The first-order valence-electron chi connectivity index (χ1n) is 5.54. The Morgan fingerprint density at radius 2 is 2.12 bits per heavy atom. The van der Waals surface area contributed by atoms with Crippen molar-refractivity contribution in [2.45, 2.75) is 19.3 Å². The van der Waals surface area contributed by atoms with Crippen LogP contribution in [0.2, 0.25) is 0 Å². The molecule has 1 fully saturated rings. The summed E-state index contributed by atoms with van der Waals surface area (Å²) in [5.41, 5.74) is 0. The lowest BCUT2D eigenvalue weighted by molar-refractivity contribution is 0.244. The summed E-state index contributed by atoms with van der Waals surface area (Å²) in [6.45, 7) is 3.05. The number of halogens is 1. The molecule has 1 saturated heterocycles. The van der Waals surface area contributed by atoms with Crippen molar-refractivity contribution in [3.8, 4) is 5.88 Å². The normalized spacial score (nSPS) is 16.5. The molecule has 0 amide bonds. The van der Waals surface area contributed by atoms with Crippen LogP contribution in [-0.2, 0) is 0 Å². The van der Waals surface area contributed by atoms with Crippen molar-refractivity contribution in [1.82, 2.24) is 15.3 Å². The minimum absolute atomic E-state index is 0. The molecule has 4 nitrogen and oxygen atoms in total. The summed E-state index contributed by atoms with van der Waals surface area (Å²) in [6.07, 6.45) is 8.62. The maximum absolute atomic E-state index is 5.51. The predicted molar refractivity (Wildman–Crippen MR) is 65.0 cm³/mol. The van der Waals surface area contributed by atoms with Crippen LogP contribution in [0.5, 0.6) is 5.88 Å². The first kappa shape index (κ1) is 13.2. The number of rotatable bonds is 4. The fourth-order valence-corrected chi connectivity index (χ4v) is 1.86. The highest BCUT2D eigenvalue weighted by molar-refractivity contribution is 5.85. The van der Waals surface area contributed by atoms with Crippen LogP contribution in [0.25, 0.3) is 0 Å². The minimum atomic E-state index is 0. The van der Waals surface area contributed by atoms with E-state index in [9.17, 15) is 0 Å². The molecule has 2 rings (SSSR count). The topological polar surface area (TPSA) is 47.0 Å². The summed E-state index contributed by atoms with van der Waals surface area (Å²) in [5.74, 6) is 1.44. The SMILES string of the molecule is Cl.c1cnc(OCCC2CCNCC2)cn1. The molecule has 1 aliphatic heterocycles. The van der Waals surface area contributed by atoms with E-state index in [1.165, 1.54) is 12.8 Å². The Bertz CT molecular complexity index is 278. The Balaban J connectivity index is 0.00000128. The van der Waals surface area contributed by atoms with Crippen LogP contribution in [0.1, 0.15) is 19.3 Å². The van der Waals surface area contributed by atoms with Crippen molar-refractivity contribution in [3.63, 3.8) is 0 Å². The molecule has 0 unspecified atom stereocenters. The van der Waals surface area contributed by atoms with Crippen molar-refractivity contribution in [1.29, 1.82) is 0 Å². The maximum atomic E-state index is 5.51. The summed E-state index contributed by atoms with van der Waals surface area (Å²) >= 11 is 0. The number of hydrogen-bond donors (Lipinski definition) is 1. The van der Waals surface area contributed by atoms with Gasteiger partial charge >= 0.3 is 0 Å². The zero-order valence-corrected chi connectivity index (χ0v) is 10.1. The van der Waals surface area contributed by atoms with E-state index in [0.29, 0.717) is 5.88 Å². The van der Waals surface area contributed by atoms with Crippen LogP contribution in [0.15, 0.2) is 18.6 Å². The second-order valence-corrected chi connectivity index (χ2v) is 3.87. The molecule has 0 spiro atoms. The fraction of sp³-hybridized carbons (Fsp3) is 0.636. The summed E-state index contributed by atoms with van der Waals surface area (Å²) in [6, 6.07) is 0. The van der Waals surface area contributed by atoms with Gasteiger partial charge in [0.05, 0.1) is 12.8 Å². The van der Waals surface area contributed by atoms with Gasteiger partial charge in [-0.25, -0.2) is 4.98 Å². The Labute approximate surface area is 102 Å². The van der Waals surface area contributed by atoms with Crippen molar-refractivity contribution in [2.75, 3.05) is 19.7 Å². The van der Waals surface area contributed by atoms with Crippen molar-refractivity contribution in [3.05, 3.63) is 18.6 Å². The number of nitrogens with one attached hydrogen (secondary N) is 1. The Hall–Kier alpha value is -0.870. The third-order valence-corrected chi connectivity index (χ3v) is 2.77. The average Bonchev–Trinajstić information content (AvgIpc) is 2.32. The molecule has 5 heteroatoms. The zero-order chi connectivity index (χ0) is 10.3. The van der Waals surface area contributed by atoms with Gasteiger partial charge in [-0.1, -0.05) is 0 Å². The van der Waals surface area contributed by atoms with Gasteiger partial charge in [0.2, 0.25) is 5.88 Å². The summed E-state index contributed by atoms with van der Waals surface area (Å²) in [5, 5.41) is 3.36. The highest BCUT2D eigenvalue weighted by Gasteiger charge is 2.12. The average molecular weight is 244 g/mol. The molecule has 1 aromatic rings. The van der Waals surface area contributed by atoms with E-state index in [-0.39, 0.29) is 12.4 Å². The van der Waals surface area contributed by atoms with E-state index < -0.39 is 0 Å². The van der Waals surface area contributed by atoms with E-state index >= 15 is 0 Å². The fourth-order valence-electron chi connectivity index (χ4n) is 1.86.